The van der Waals surface area contributed by atoms with Gasteiger partial charge in [-0.1, -0.05) is 36.4 Å². The standard InChI is InChI=1S/C24H29N3O/c1-17-9-6-7-11-22(17)15-24(4,5)25-23(28)21-12-8-10-20(14-21)16-27-19(3)13-18(2)26-27/h6-14H,15-16H2,1-5H3,(H,25,28). The van der Waals surface area contributed by atoms with Crippen LogP contribution < -0.4 is 5.32 Å². The zero-order chi connectivity index (χ0) is 20.3. The van der Waals surface area contributed by atoms with Gasteiger partial charge in [0.15, 0.2) is 0 Å². The van der Waals surface area contributed by atoms with Crippen molar-refractivity contribution in [3.8, 4) is 0 Å². The number of nitrogens with one attached hydrogen (secondary N) is 1. The highest BCUT2D eigenvalue weighted by molar-refractivity contribution is 5.94. The molecule has 0 atom stereocenters. The van der Waals surface area contributed by atoms with Gasteiger partial charge in [0, 0.05) is 16.8 Å². The average molecular weight is 376 g/mol. The Kier molecular flexibility index (Phi) is 5.68. The fraction of sp³-hybridized carbons (Fsp3) is 0.333. The minimum absolute atomic E-state index is 0.0474. The summed E-state index contributed by atoms with van der Waals surface area (Å²) in [6.45, 7) is 10.9. The molecule has 2 aromatic carbocycles. The molecule has 0 fully saturated rings. The summed E-state index contributed by atoms with van der Waals surface area (Å²) in [6, 6.07) is 18.2. The van der Waals surface area contributed by atoms with Crippen LogP contribution in [-0.2, 0) is 13.0 Å². The molecule has 0 saturated carbocycles. The monoisotopic (exact) mass is 375 g/mol. The van der Waals surface area contributed by atoms with Crippen LogP contribution in [0.4, 0.5) is 0 Å². The van der Waals surface area contributed by atoms with Gasteiger partial charge in [0.05, 0.1) is 12.2 Å². The number of nitrogens with zero attached hydrogens (tertiary/aromatic N) is 2. The lowest BCUT2D eigenvalue weighted by Gasteiger charge is -2.27. The van der Waals surface area contributed by atoms with Gasteiger partial charge in [0.2, 0.25) is 0 Å². The average Bonchev–Trinajstić information content (AvgIpc) is 2.94. The van der Waals surface area contributed by atoms with E-state index in [0.717, 1.165) is 23.4 Å². The van der Waals surface area contributed by atoms with Gasteiger partial charge in [-0.05, 0) is 75.9 Å². The van der Waals surface area contributed by atoms with Crippen LogP contribution in [0.3, 0.4) is 0 Å². The van der Waals surface area contributed by atoms with Crippen molar-refractivity contribution in [3.05, 3.63) is 88.2 Å². The Morgan fingerprint density at radius 2 is 1.79 bits per heavy atom. The maximum atomic E-state index is 12.9. The van der Waals surface area contributed by atoms with E-state index in [4.69, 9.17) is 0 Å². The molecule has 3 aromatic rings. The predicted octanol–water partition coefficient (Wildman–Crippen LogP) is 4.61. The lowest BCUT2D eigenvalue weighted by molar-refractivity contribution is 0.0913. The number of hydrogen-bond donors (Lipinski definition) is 1. The van der Waals surface area contributed by atoms with E-state index in [1.54, 1.807) is 0 Å². The van der Waals surface area contributed by atoms with Crippen molar-refractivity contribution in [1.82, 2.24) is 15.1 Å². The number of benzene rings is 2. The van der Waals surface area contributed by atoms with Gasteiger partial charge in [-0.3, -0.25) is 9.48 Å². The largest absolute Gasteiger partial charge is 0.347 e. The minimum Gasteiger partial charge on any atom is -0.347 e. The molecule has 0 spiro atoms. The van der Waals surface area contributed by atoms with Gasteiger partial charge in [0.1, 0.15) is 0 Å². The summed E-state index contributed by atoms with van der Waals surface area (Å²) in [6.07, 6.45) is 0.789. The van der Waals surface area contributed by atoms with Crippen LogP contribution in [0.1, 0.15) is 52.3 Å². The number of amides is 1. The summed E-state index contributed by atoms with van der Waals surface area (Å²) < 4.78 is 1.97. The van der Waals surface area contributed by atoms with Gasteiger partial charge in [-0.15, -0.1) is 0 Å². The molecule has 0 aliphatic rings. The van der Waals surface area contributed by atoms with E-state index in [1.807, 2.05) is 54.9 Å². The summed E-state index contributed by atoms with van der Waals surface area (Å²) in [5, 5.41) is 7.70. The van der Waals surface area contributed by atoms with Gasteiger partial charge in [0.25, 0.3) is 5.91 Å². The summed E-state index contributed by atoms with van der Waals surface area (Å²) in [7, 11) is 0. The first-order valence-corrected chi connectivity index (χ1v) is 9.70. The molecule has 0 aliphatic heterocycles. The third-order valence-corrected chi connectivity index (χ3v) is 4.97. The van der Waals surface area contributed by atoms with Crippen molar-refractivity contribution >= 4 is 5.91 Å². The Bertz CT molecular complexity index is 985. The molecule has 4 heteroatoms. The number of hydrogen-bond acceptors (Lipinski definition) is 2. The number of carbonyl (C=O) groups is 1. The van der Waals surface area contributed by atoms with Crippen LogP contribution in [0.15, 0.2) is 54.6 Å². The number of aromatic nitrogens is 2. The third-order valence-electron chi connectivity index (χ3n) is 4.97. The molecule has 4 nitrogen and oxygen atoms in total. The minimum atomic E-state index is -0.338. The van der Waals surface area contributed by atoms with Crippen LogP contribution in [-0.4, -0.2) is 21.2 Å². The maximum absolute atomic E-state index is 12.9. The molecule has 0 saturated heterocycles. The van der Waals surface area contributed by atoms with Crippen LogP contribution in [0.5, 0.6) is 0 Å². The normalized spacial score (nSPS) is 11.5. The highest BCUT2D eigenvalue weighted by Gasteiger charge is 2.22. The Hall–Kier alpha value is -2.88. The molecule has 1 amide bonds. The van der Waals surface area contributed by atoms with E-state index in [2.05, 4.69) is 49.4 Å². The maximum Gasteiger partial charge on any atom is 0.251 e. The molecule has 1 aromatic heterocycles. The number of aryl methyl sites for hydroxylation is 3. The molecule has 0 aliphatic carbocycles. The first-order chi connectivity index (χ1) is 13.2. The van der Waals surface area contributed by atoms with Crippen LogP contribution in [0.2, 0.25) is 0 Å². The molecule has 1 heterocycles. The summed E-state index contributed by atoms with van der Waals surface area (Å²) in [5.74, 6) is -0.0474. The van der Waals surface area contributed by atoms with Gasteiger partial charge in [-0.2, -0.15) is 5.10 Å². The summed E-state index contributed by atoms with van der Waals surface area (Å²) in [5.41, 5.74) is 6.03. The molecule has 3 rings (SSSR count). The zero-order valence-electron chi connectivity index (χ0n) is 17.4. The number of carbonyl (C=O) groups excluding carboxylic acids is 1. The van der Waals surface area contributed by atoms with Gasteiger partial charge < -0.3 is 5.32 Å². The molecule has 146 valence electrons. The van der Waals surface area contributed by atoms with Crippen molar-refractivity contribution in [1.29, 1.82) is 0 Å². The van der Waals surface area contributed by atoms with E-state index in [1.165, 1.54) is 11.1 Å². The van der Waals surface area contributed by atoms with Crippen molar-refractivity contribution in [2.24, 2.45) is 0 Å². The second-order valence-corrected chi connectivity index (χ2v) is 8.23. The van der Waals surface area contributed by atoms with Gasteiger partial charge in [-0.25, -0.2) is 0 Å². The second-order valence-electron chi connectivity index (χ2n) is 8.23. The molecule has 0 radical (unpaired) electrons. The quantitative estimate of drug-likeness (QED) is 0.684. The van der Waals surface area contributed by atoms with E-state index in [0.29, 0.717) is 12.1 Å². The number of rotatable bonds is 6. The van der Waals surface area contributed by atoms with Crippen LogP contribution in [0, 0.1) is 20.8 Å². The van der Waals surface area contributed by atoms with Crippen LogP contribution in [0.25, 0.3) is 0 Å². The first kappa shape index (κ1) is 19.9. The fourth-order valence-corrected chi connectivity index (χ4v) is 3.53. The van der Waals surface area contributed by atoms with Gasteiger partial charge >= 0.3 is 0 Å². The SMILES string of the molecule is Cc1cc(C)n(Cc2cccc(C(=O)NC(C)(C)Cc3ccccc3C)c2)n1. The van der Waals surface area contributed by atoms with E-state index in [-0.39, 0.29) is 11.4 Å². The van der Waals surface area contributed by atoms with E-state index < -0.39 is 0 Å². The molecule has 0 bridgehead atoms. The summed E-state index contributed by atoms with van der Waals surface area (Å²) >= 11 is 0. The van der Waals surface area contributed by atoms with E-state index >= 15 is 0 Å². The second kappa shape index (κ2) is 8.01. The Balaban J connectivity index is 1.72. The van der Waals surface area contributed by atoms with Crippen molar-refractivity contribution < 1.29 is 4.79 Å². The van der Waals surface area contributed by atoms with E-state index in [9.17, 15) is 4.79 Å². The summed E-state index contributed by atoms with van der Waals surface area (Å²) in [4.78, 5) is 12.9. The Morgan fingerprint density at radius 3 is 2.46 bits per heavy atom. The Labute approximate surface area is 167 Å². The highest BCUT2D eigenvalue weighted by Crippen LogP contribution is 2.17. The predicted molar refractivity (Wildman–Crippen MR) is 114 cm³/mol. The topological polar surface area (TPSA) is 46.9 Å². The van der Waals surface area contributed by atoms with Crippen molar-refractivity contribution in [2.75, 3.05) is 0 Å². The van der Waals surface area contributed by atoms with Crippen molar-refractivity contribution in [3.63, 3.8) is 0 Å². The molecule has 28 heavy (non-hydrogen) atoms. The lowest BCUT2D eigenvalue weighted by atomic mass is 9.92. The first-order valence-electron chi connectivity index (χ1n) is 9.70. The Morgan fingerprint density at radius 1 is 1.04 bits per heavy atom. The molecule has 1 N–H and O–H groups in total. The molecular weight excluding hydrogens is 346 g/mol. The molecular formula is C24H29N3O. The third kappa shape index (κ3) is 4.89. The molecule has 0 unspecified atom stereocenters. The zero-order valence-corrected chi connectivity index (χ0v) is 17.4. The van der Waals surface area contributed by atoms with Crippen LogP contribution >= 0.6 is 0 Å². The highest BCUT2D eigenvalue weighted by atomic mass is 16.1. The fourth-order valence-electron chi connectivity index (χ4n) is 3.53. The smallest absolute Gasteiger partial charge is 0.251 e. The lowest BCUT2D eigenvalue weighted by Crippen LogP contribution is -2.45. The van der Waals surface area contributed by atoms with Crippen molar-refractivity contribution in [2.45, 2.75) is 53.1 Å².